The molecule has 446 valence electrons. The van der Waals surface area contributed by atoms with E-state index in [1.807, 2.05) is 28.7 Å². The fourth-order valence-electron chi connectivity index (χ4n) is 14.9. The van der Waals surface area contributed by atoms with Crippen LogP contribution in [0.5, 0.6) is 0 Å². The highest BCUT2D eigenvalue weighted by molar-refractivity contribution is 7.26. The smallest absolute Gasteiger partial charge is 0.160 e. The van der Waals surface area contributed by atoms with E-state index >= 15 is 0 Å². The Morgan fingerprint density at radius 1 is 0.271 bits per heavy atom. The van der Waals surface area contributed by atoms with E-state index in [0.29, 0.717) is 17.1 Å². The Kier molecular flexibility index (Phi) is 13.2. The molecule has 5 aromatic heterocycles. The van der Waals surface area contributed by atoms with Gasteiger partial charge in [0.2, 0.25) is 0 Å². The average molecular weight is 1270 g/mol. The van der Waals surface area contributed by atoms with Crippen molar-refractivity contribution in [1.82, 2.24) is 14.5 Å². The van der Waals surface area contributed by atoms with Crippen LogP contribution in [-0.4, -0.2) is 14.5 Å². The monoisotopic (exact) mass is 1270 g/mol. The lowest BCUT2D eigenvalue weighted by Gasteiger charge is -2.27. The molecule has 0 fully saturated rings. The van der Waals surface area contributed by atoms with E-state index in [-0.39, 0.29) is 0 Å². The number of hydrogen-bond acceptors (Lipinski definition) is 6. The van der Waals surface area contributed by atoms with Crippen LogP contribution in [0.3, 0.4) is 0 Å². The summed E-state index contributed by atoms with van der Waals surface area (Å²) < 4.78 is 9.48. The molecule has 0 saturated carbocycles. The molecule has 4 nitrogen and oxygen atoms in total. The first-order valence-corrected chi connectivity index (χ1v) is 34.7. The summed E-state index contributed by atoms with van der Waals surface area (Å²) in [5.74, 6) is 0.583. The molecule has 0 N–H and O–H groups in total. The molecule has 7 heteroatoms. The Morgan fingerprint density at radius 3 is 1.12 bits per heavy atom. The highest BCUT2D eigenvalue weighted by Gasteiger charge is 2.34. The largest absolute Gasteiger partial charge is 0.309 e. The summed E-state index contributed by atoms with van der Waals surface area (Å²) in [7, 11) is 0. The van der Waals surface area contributed by atoms with Crippen LogP contribution >= 0.6 is 34.0 Å². The summed E-state index contributed by atoms with van der Waals surface area (Å²) in [6, 6.07) is 117. The zero-order chi connectivity index (χ0) is 63.4. The maximum atomic E-state index is 13.0. The number of nitriles is 1. The van der Waals surface area contributed by atoms with Gasteiger partial charge in [-0.15, -0.1) is 34.0 Å². The lowest BCUT2D eigenvalue weighted by atomic mass is 9.75. The summed E-state index contributed by atoms with van der Waals surface area (Å²) in [5, 5.41) is 22.3. The van der Waals surface area contributed by atoms with Gasteiger partial charge in [0.1, 0.15) is 6.07 Å². The number of thiophene rings is 3. The normalized spacial score (nSPS) is 11.7. The van der Waals surface area contributed by atoms with Gasteiger partial charge in [-0.1, -0.05) is 237 Å². The zero-order valence-electron chi connectivity index (χ0n) is 51.5. The lowest BCUT2D eigenvalue weighted by Crippen LogP contribution is -2.05. The van der Waals surface area contributed by atoms with Crippen LogP contribution < -0.4 is 0 Å². The van der Waals surface area contributed by atoms with Crippen molar-refractivity contribution in [2.75, 3.05) is 0 Å². The second kappa shape index (κ2) is 22.7. The Morgan fingerprint density at radius 2 is 0.656 bits per heavy atom. The molecule has 0 bridgehead atoms. The van der Waals surface area contributed by atoms with Gasteiger partial charge < -0.3 is 4.57 Å². The van der Waals surface area contributed by atoms with Gasteiger partial charge >= 0.3 is 0 Å². The Labute approximate surface area is 565 Å². The van der Waals surface area contributed by atoms with Crippen LogP contribution in [0.4, 0.5) is 0 Å². The maximum absolute atomic E-state index is 13.0. The first kappa shape index (κ1) is 55.7. The fourth-order valence-corrected chi connectivity index (χ4v) is 18.3. The van der Waals surface area contributed by atoms with Gasteiger partial charge in [0.05, 0.1) is 28.0 Å². The molecule has 0 spiro atoms. The molecule has 19 aromatic rings. The predicted molar refractivity (Wildman–Crippen MR) is 409 cm³/mol. The topological polar surface area (TPSA) is 54.5 Å². The predicted octanol–water partition coefficient (Wildman–Crippen LogP) is 25.6. The summed E-state index contributed by atoms with van der Waals surface area (Å²) in [6.45, 7) is 0. The van der Waals surface area contributed by atoms with Crippen LogP contribution in [0.15, 0.2) is 315 Å². The minimum atomic E-state index is 0.554. The molecule has 0 saturated heterocycles. The van der Waals surface area contributed by atoms with E-state index in [2.05, 4.69) is 320 Å². The number of benzene rings is 14. The Bertz CT molecular complexity index is 6220. The van der Waals surface area contributed by atoms with Crippen molar-refractivity contribution < 1.29 is 0 Å². The maximum Gasteiger partial charge on any atom is 0.160 e. The van der Waals surface area contributed by atoms with Crippen molar-refractivity contribution in [3.8, 4) is 112 Å². The molecule has 19 rings (SSSR count). The second-order valence-electron chi connectivity index (χ2n) is 24.5. The molecule has 0 amide bonds. The molecule has 0 radical (unpaired) electrons. The van der Waals surface area contributed by atoms with Crippen LogP contribution in [-0.2, 0) is 0 Å². The van der Waals surface area contributed by atoms with Gasteiger partial charge in [-0.2, -0.15) is 5.26 Å². The third-order valence-corrected chi connectivity index (χ3v) is 22.5. The molecule has 0 atom stereocenters. The molecule has 0 aliphatic carbocycles. The second-order valence-corrected chi connectivity index (χ2v) is 27.7. The zero-order valence-corrected chi connectivity index (χ0v) is 54.0. The van der Waals surface area contributed by atoms with Crippen LogP contribution in [0.2, 0.25) is 0 Å². The lowest BCUT2D eigenvalue weighted by molar-refractivity contribution is 1.18. The molecule has 0 aliphatic heterocycles. The van der Waals surface area contributed by atoms with Crippen molar-refractivity contribution in [2.24, 2.45) is 0 Å². The molecular weight excluding hydrogens is 1220 g/mol. The first-order valence-electron chi connectivity index (χ1n) is 32.2. The van der Waals surface area contributed by atoms with Gasteiger partial charge in [-0.05, 0) is 123 Å². The Balaban J connectivity index is 0.995. The van der Waals surface area contributed by atoms with Crippen LogP contribution in [0.25, 0.3) is 189 Å². The van der Waals surface area contributed by atoms with E-state index < -0.39 is 0 Å². The van der Waals surface area contributed by atoms with Crippen molar-refractivity contribution >= 4 is 116 Å². The number of hydrogen-bond donors (Lipinski definition) is 0. The van der Waals surface area contributed by atoms with Crippen molar-refractivity contribution in [2.45, 2.75) is 0 Å². The molecule has 14 aromatic carbocycles. The van der Waals surface area contributed by atoms with Gasteiger partial charge in [0, 0.05) is 116 Å². The van der Waals surface area contributed by atoms with Crippen LogP contribution in [0.1, 0.15) is 5.56 Å². The molecular formula is C89H52N4S3. The van der Waals surface area contributed by atoms with Crippen LogP contribution in [0, 0.1) is 11.3 Å². The minimum Gasteiger partial charge on any atom is -0.309 e. The number of fused-ring (bicyclic) bond motifs is 12. The molecule has 0 unspecified atom stereocenters. The van der Waals surface area contributed by atoms with E-state index in [1.165, 1.54) is 45.4 Å². The standard InChI is InChI=1S/C89H52N4S3/c90-53-70-81(57-42-46-61(47-43-57)93-73-48-44-59(54-22-5-1-6-23-54)50-68(73)69-51-60(45-49-74(69)93)55-24-7-2-8-25-55)88(72-52-71(56-26-9-3-10-27-56)91-89(92-72)58-28-11-4-12-29-58)87(67-35-21-41-80-84(67)64-32-15-18-38-77(64)96-80)86(66-34-20-40-79-83(66)63-31-14-17-37-76(63)95-79)85(70)65-33-19-39-78-82(65)62-30-13-16-36-75(62)94-78/h1-52H. The van der Waals surface area contributed by atoms with E-state index in [0.717, 1.165) is 132 Å². The van der Waals surface area contributed by atoms with Gasteiger partial charge in [0.25, 0.3) is 0 Å². The fraction of sp³-hybridized carbons (Fsp3) is 0. The first-order chi connectivity index (χ1) is 47.6. The van der Waals surface area contributed by atoms with Gasteiger partial charge in [-0.3, -0.25) is 0 Å². The molecule has 96 heavy (non-hydrogen) atoms. The molecule has 5 heterocycles. The quantitative estimate of drug-likeness (QED) is 0.137. The molecule has 0 aliphatic rings. The van der Waals surface area contributed by atoms with Gasteiger partial charge in [0.15, 0.2) is 5.82 Å². The summed E-state index contributed by atoms with van der Waals surface area (Å²) in [4.78, 5) is 11.3. The SMILES string of the molecule is N#Cc1c(-c2ccc(-n3c4ccc(-c5ccccc5)cc4c4cc(-c5ccccc5)ccc43)cc2)c(-c2cc(-c3ccccc3)nc(-c3ccccc3)n2)c(-c2cccc3sc4ccccc4c23)c(-c2cccc3sc4ccccc4c23)c1-c1cccc2sc3ccccc3c12. The van der Waals surface area contributed by atoms with Crippen molar-refractivity contribution in [3.05, 3.63) is 321 Å². The third-order valence-electron chi connectivity index (χ3n) is 19.1. The van der Waals surface area contributed by atoms with Gasteiger partial charge in [-0.25, -0.2) is 9.97 Å². The minimum absolute atomic E-state index is 0.554. The summed E-state index contributed by atoms with van der Waals surface area (Å²) >= 11 is 5.42. The van der Waals surface area contributed by atoms with Crippen molar-refractivity contribution in [3.63, 3.8) is 0 Å². The van der Waals surface area contributed by atoms with E-state index in [9.17, 15) is 5.26 Å². The van der Waals surface area contributed by atoms with E-state index in [1.54, 1.807) is 11.3 Å². The number of rotatable bonds is 10. The summed E-state index contributed by atoms with van der Waals surface area (Å²) in [5.41, 5.74) is 20.1. The highest BCUT2D eigenvalue weighted by atomic mass is 32.1. The number of nitrogens with zero attached hydrogens (tertiary/aromatic N) is 4. The van der Waals surface area contributed by atoms with E-state index in [4.69, 9.17) is 9.97 Å². The van der Waals surface area contributed by atoms with Crippen molar-refractivity contribution in [1.29, 1.82) is 5.26 Å². The third kappa shape index (κ3) is 8.99. The Hall–Kier alpha value is -11.9. The number of aromatic nitrogens is 3. The average Bonchev–Trinajstić information content (AvgIpc) is 1.11. The summed E-state index contributed by atoms with van der Waals surface area (Å²) in [6.07, 6.45) is 0. The highest BCUT2D eigenvalue weighted by Crippen LogP contribution is 2.58.